The van der Waals surface area contributed by atoms with Crippen molar-refractivity contribution in [3.63, 3.8) is 0 Å². The average Bonchev–Trinajstić information content (AvgIpc) is 2.94. The van der Waals surface area contributed by atoms with E-state index >= 15 is 0 Å². The van der Waals surface area contributed by atoms with Crippen LogP contribution in [0.15, 0.2) is 54.7 Å². The van der Waals surface area contributed by atoms with Gasteiger partial charge in [-0.2, -0.15) is 0 Å². The van der Waals surface area contributed by atoms with E-state index in [1.54, 1.807) is 0 Å². The quantitative estimate of drug-likeness (QED) is 0.751. The second-order valence-electron chi connectivity index (χ2n) is 5.76. The molecule has 1 aromatic heterocycles. The van der Waals surface area contributed by atoms with Crippen molar-refractivity contribution >= 4 is 28.4 Å². The summed E-state index contributed by atoms with van der Waals surface area (Å²) in [5.74, 6) is -0.330. The summed E-state index contributed by atoms with van der Waals surface area (Å²) in [6, 6.07) is 15.8. The molecule has 1 unspecified atom stereocenters. The molecule has 0 fully saturated rings. The standard InChI is InChI=1S/C18H17ClN2O/c1-18(11-17(20)22,13-4-6-15(19)7-5-13)14-3-2-12-8-9-21-16(12)10-14/h2-10,21H,11H2,1H3,(H2,20,22). The van der Waals surface area contributed by atoms with Gasteiger partial charge < -0.3 is 10.7 Å². The van der Waals surface area contributed by atoms with Gasteiger partial charge in [-0.15, -0.1) is 0 Å². The summed E-state index contributed by atoms with van der Waals surface area (Å²) in [6.07, 6.45) is 2.14. The van der Waals surface area contributed by atoms with Crippen molar-refractivity contribution in [2.45, 2.75) is 18.8 Å². The number of hydrogen-bond donors (Lipinski definition) is 2. The van der Waals surface area contributed by atoms with Gasteiger partial charge in [0.05, 0.1) is 0 Å². The zero-order valence-electron chi connectivity index (χ0n) is 12.3. The molecule has 3 rings (SSSR count). The number of halogens is 1. The van der Waals surface area contributed by atoms with Crippen LogP contribution in [0, 0.1) is 0 Å². The van der Waals surface area contributed by atoms with E-state index in [9.17, 15) is 4.79 Å². The van der Waals surface area contributed by atoms with E-state index in [2.05, 4.69) is 17.1 Å². The van der Waals surface area contributed by atoms with Gasteiger partial charge in [-0.3, -0.25) is 4.79 Å². The van der Waals surface area contributed by atoms with Crippen LogP contribution in [0.25, 0.3) is 10.9 Å². The summed E-state index contributed by atoms with van der Waals surface area (Å²) in [5, 5.41) is 1.81. The van der Waals surface area contributed by atoms with E-state index in [0.717, 1.165) is 22.0 Å². The number of primary amides is 1. The minimum absolute atomic E-state index is 0.237. The third-order valence-electron chi connectivity index (χ3n) is 4.20. The Labute approximate surface area is 134 Å². The van der Waals surface area contributed by atoms with Crippen molar-refractivity contribution in [2.24, 2.45) is 5.73 Å². The maximum atomic E-state index is 11.6. The molecule has 0 aliphatic carbocycles. The van der Waals surface area contributed by atoms with Crippen LogP contribution in [0.1, 0.15) is 24.5 Å². The number of fused-ring (bicyclic) bond motifs is 1. The highest BCUT2D eigenvalue weighted by Crippen LogP contribution is 2.36. The lowest BCUT2D eigenvalue weighted by molar-refractivity contribution is -0.118. The summed E-state index contributed by atoms with van der Waals surface area (Å²) in [5.41, 5.74) is 8.12. The van der Waals surface area contributed by atoms with Gasteiger partial charge in [0.25, 0.3) is 0 Å². The van der Waals surface area contributed by atoms with Gasteiger partial charge >= 0.3 is 0 Å². The molecule has 0 saturated heterocycles. The topological polar surface area (TPSA) is 58.9 Å². The van der Waals surface area contributed by atoms with Crippen molar-refractivity contribution in [2.75, 3.05) is 0 Å². The number of aromatic amines is 1. The highest BCUT2D eigenvalue weighted by Gasteiger charge is 2.31. The molecule has 0 radical (unpaired) electrons. The Bertz CT molecular complexity index is 822. The smallest absolute Gasteiger partial charge is 0.218 e. The Morgan fingerprint density at radius 2 is 1.82 bits per heavy atom. The number of rotatable bonds is 4. The van der Waals surface area contributed by atoms with Crippen molar-refractivity contribution in [1.29, 1.82) is 0 Å². The lowest BCUT2D eigenvalue weighted by Gasteiger charge is -2.30. The Morgan fingerprint density at radius 3 is 2.50 bits per heavy atom. The van der Waals surface area contributed by atoms with Crippen molar-refractivity contribution in [1.82, 2.24) is 4.98 Å². The Hall–Kier alpha value is -2.26. The highest BCUT2D eigenvalue weighted by atomic mass is 35.5. The predicted octanol–water partition coefficient (Wildman–Crippen LogP) is 4.00. The molecule has 1 atom stereocenters. The Balaban J connectivity index is 2.15. The summed E-state index contributed by atoms with van der Waals surface area (Å²) >= 11 is 5.98. The summed E-state index contributed by atoms with van der Waals surface area (Å²) in [6.45, 7) is 2.03. The van der Waals surface area contributed by atoms with Gasteiger partial charge in [-0.05, 0) is 40.8 Å². The van der Waals surface area contributed by atoms with Gasteiger partial charge in [0.1, 0.15) is 0 Å². The summed E-state index contributed by atoms with van der Waals surface area (Å²) < 4.78 is 0. The first-order chi connectivity index (χ1) is 10.5. The van der Waals surface area contributed by atoms with Crippen LogP contribution >= 0.6 is 11.6 Å². The molecule has 3 N–H and O–H groups in total. The lowest BCUT2D eigenvalue weighted by Crippen LogP contribution is -2.30. The molecule has 112 valence electrons. The van der Waals surface area contributed by atoms with E-state index in [4.69, 9.17) is 17.3 Å². The lowest BCUT2D eigenvalue weighted by atomic mass is 9.73. The van der Waals surface area contributed by atoms with E-state index in [1.165, 1.54) is 0 Å². The van der Waals surface area contributed by atoms with Crippen LogP contribution < -0.4 is 5.73 Å². The van der Waals surface area contributed by atoms with Gasteiger partial charge in [0.2, 0.25) is 5.91 Å². The number of carbonyl (C=O) groups is 1. The van der Waals surface area contributed by atoms with Crippen LogP contribution in [0.4, 0.5) is 0 Å². The van der Waals surface area contributed by atoms with Crippen LogP contribution in [-0.4, -0.2) is 10.9 Å². The van der Waals surface area contributed by atoms with E-state index in [1.807, 2.05) is 49.5 Å². The molecule has 4 heteroatoms. The third kappa shape index (κ3) is 2.60. The maximum absolute atomic E-state index is 11.6. The molecule has 2 aromatic carbocycles. The Morgan fingerprint density at radius 1 is 1.14 bits per heavy atom. The van der Waals surface area contributed by atoms with E-state index < -0.39 is 5.41 Å². The van der Waals surface area contributed by atoms with Crippen molar-refractivity contribution in [3.8, 4) is 0 Å². The molecule has 0 saturated carbocycles. The summed E-state index contributed by atoms with van der Waals surface area (Å²) in [7, 11) is 0. The van der Waals surface area contributed by atoms with E-state index in [0.29, 0.717) is 5.02 Å². The fraction of sp³-hybridized carbons (Fsp3) is 0.167. The molecule has 0 aliphatic rings. The normalized spacial score (nSPS) is 13.9. The number of nitrogens with two attached hydrogens (primary N) is 1. The van der Waals surface area contributed by atoms with Gasteiger partial charge in [0, 0.05) is 28.6 Å². The van der Waals surface area contributed by atoms with Crippen LogP contribution in [-0.2, 0) is 10.2 Å². The van der Waals surface area contributed by atoms with Gasteiger partial charge in [-0.25, -0.2) is 0 Å². The van der Waals surface area contributed by atoms with Gasteiger partial charge in [-0.1, -0.05) is 42.8 Å². The fourth-order valence-electron chi connectivity index (χ4n) is 2.93. The summed E-state index contributed by atoms with van der Waals surface area (Å²) in [4.78, 5) is 14.8. The van der Waals surface area contributed by atoms with Crippen molar-refractivity contribution < 1.29 is 4.79 Å². The molecule has 22 heavy (non-hydrogen) atoms. The monoisotopic (exact) mass is 312 g/mol. The first-order valence-corrected chi connectivity index (χ1v) is 7.49. The largest absolute Gasteiger partial charge is 0.370 e. The molecule has 0 spiro atoms. The second-order valence-corrected chi connectivity index (χ2v) is 6.20. The van der Waals surface area contributed by atoms with Crippen LogP contribution in [0.2, 0.25) is 5.02 Å². The molecule has 1 heterocycles. The SMILES string of the molecule is CC(CC(N)=O)(c1ccc(Cl)cc1)c1ccc2cc[nH]c2c1. The zero-order valence-corrected chi connectivity index (χ0v) is 13.0. The zero-order chi connectivity index (χ0) is 15.7. The average molecular weight is 313 g/mol. The third-order valence-corrected chi connectivity index (χ3v) is 4.45. The van der Waals surface area contributed by atoms with Crippen molar-refractivity contribution in [3.05, 3.63) is 70.9 Å². The molecular formula is C18H17ClN2O. The van der Waals surface area contributed by atoms with E-state index in [-0.39, 0.29) is 12.3 Å². The fourth-order valence-corrected chi connectivity index (χ4v) is 3.05. The molecular weight excluding hydrogens is 296 g/mol. The number of H-pyrrole nitrogens is 1. The molecule has 3 aromatic rings. The van der Waals surface area contributed by atoms with Crippen LogP contribution in [0.3, 0.4) is 0 Å². The van der Waals surface area contributed by atoms with Crippen LogP contribution in [0.5, 0.6) is 0 Å². The first kappa shape index (κ1) is 14.7. The minimum atomic E-state index is -0.490. The molecule has 0 aliphatic heterocycles. The molecule has 3 nitrogen and oxygen atoms in total. The molecule has 1 amide bonds. The molecule has 0 bridgehead atoms. The number of nitrogens with one attached hydrogen (secondary N) is 1. The highest BCUT2D eigenvalue weighted by molar-refractivity contribution is 6.30. The minimum Gasteiger partial charge on any atom is -0.370 e. The first-order valence-electron chi connectivity index (χ1n) is 7.11. The van der Waals surface area contributed by atoms with Gasteiger partial charge in [0.15, 0.2) is 0 Å². The predicted molar refractivity (Wildman–Crippen MR) is 90.0 cm³/mol. The number of carbonyl (C=O) groups excluding carboxylic acids is 1. The number of benzene rings is 2. The number of aromatic nitrogens is 1. The maximum Gasteiger partial charge on any atom is 0.218 e. The number of hydrogen-bond acceptors (Lipinski definition) is 1. The second kappa shape index (κ2) is 5.50. The number of amides is 1. The Kier molecular flexibility index (Phi) is 3.67.